The Kier molecular flexibility index (Phi) is 2.79. The van der Waals surface area contributed by atoms with Crippen molar-refractivity contribution >= 4 is 22.4 Å². The summed E-state index contributed by atoms with van der Waals surface area (Å²) in [6, 6.07) is 4.66. The fraction of sp³-hybridized carbons (Fsp3) is 0.600. The van der Waals surface area contributed by atoms with Crippen molar-refractivity contribution in [1.29, 1.82) is 0 Å². The van der Waals surface area contributed by atoms with Gasteiger partial charge in [-0.1, -0.05) is 12.8 Å². The molecule has 2 fully saturated rings. The van der Waals surface area contributed by atoms with Gasteiger partial charge in [0.15, 0.2) is 11.0 Å². The summed E-state index contributed by atoms with van der Waals surface area (Å²) in [5, 5.41) is 8.02. The number of nitrogens with zero attached hydrogens (tertiary/aromatic N) is 3. The van der Waals surface area contributed by atoms with Gasteiger partial charge in [0.25, 0.3) is 0 Å². The van der Waals surface area contributed by atoms with Crippen LogP contribution in [0.2, 0.25) is 0 Å². The van der Waals surface area contributed by atoms with Crippen LogP contribution in [-0.2, 0) is 0 Å². The molecule has 2 aromatic rings. The zero-order valence-corrected chi connectivity index (χ0v) is 11.6. The van der Waals surface area contributed by atoms with Gasteiger partial charge in [0.2, 0.25) is 0 Å². The highest BCUT2D eigenvalue weighted by molar-refractivity contribution is 5.95. The first-order valence-corrected chi connectivity index (χ1v) is 7.62. The van der Waals surface area contributed by atoms with Crippen LogP contribution in [0.1, 0.15) is 38.5 Å². The van der Waals surface area contributed by atoms with E-state index in [1.54, 1.807) is 0 Å². The zero-order chi connectivity index (χ0) is 13.5. The van der Waals surface area contributed by atoms with Gasteiger partial charge in [-0.15, -0.1) is 0 Å². The lowest BCUT2D eigenvalue weighted by Gasteiger charge is -2.45. The molecule has 106 valence electrons. The van der Waals surface area contributed by atoms with E-state index in [1.807, 2.05) is 6.07 Å². The lowest BCUT2D eigenvalue weighted by atomic mass is 9.78. The Balaban J connectivity index is 1.77. The van der Waals surface area contributed by atoms with Gasteiger partial charge in [0, 0.05) is 12.6 Å². The Morgan fingerprint density at radius 2 is 1.85 bits per heavy atom. The van der Waals surface area contributed by atoms with Gasteiger partial charge >= 0.3 is 0 Å². The Morgan fingerprint density at radius 1 is 1.05 bits per heavy atom. The van der Waals surface area contributed by atoms with Crippen molar-refractivity contribution in [2.45, 2.75) is 44.6 Å². The maximum absolute atomic E-state index is 5.95. The first kappa shape index (κ1) is 12.0. The van der Waals surface area contributed by atoms with Crippen LogP contribution in [0.4, 0.5) is 11.4 Å². The van der Waals surface area contributed by atoms with Crippen LogP contribution in [0.25, 0.3) is 11.0 Å². The summed E-state index contributed by atoms with van der Waals surface area (Å²) >= 11 is 0. The molecular formula is C15H20N4O. The summed E-state index contributed by atoms with van der Waals surface area (Å²) in [4.78, 5) is 2.53. The van der Waals surface area contributed by atoms with Gasteiger partial charge in [0.1, 0.15) is 0 Å². The third kappa shape index (κ3) is 1.76. The number of rotatable bonds is 1. The Hall–Kier alpha value is -1.78. The number of hydrogen-bond donors (Lipinski definition) is 1. The van der Waals surface area contributed by atoms with E-state index in [-0.39, 0.29) is 0 Å². The van der Waals surface area contributed by atoms with Crippen LogP contribution in [-0.4, -0.2) is 22.9 Å². The topological polar surface area (TPSA) is 68.2 Å². The number of anilines is 2. The van der Waals surface area contributed by atoms with E-state index in [1.165, 1.54) is 38.5 Å². The molecule has 2 aliphatic rings. The molecule has 1 saturated carbocycles. The zero-order valence-electron chi connectivity index (χ0n) is 11.6. The average Bonchev–Trinajstić information content (AvgIpc) is 2.98. The minimum atomic E-state index is 0.641. The molecule has 5 nitrogen and oxygen atoms in total. The number of piperidine rings is 1. The van der Waals surface area contributed by atoms with Gasteiger partial charge in [-0.05, 0) is 54.0 Å². The molecule has 5 heteroatoms. The third-order valence-corrected chi connectivity index (χ3v) is 4.98. The van der Waals surface area contributed by atoms with Crippen molar-refractivity contribution in [2.75, 3.05) is 17.2 Å². The van der Waals surface area contributed by atoms with E-state index in [9.17, 15) is 0 Å². The highest BCUT2D eigenvalue weighted by Gasteiger charge is 2.34. The van der Waals surface area contributed by atoms with Crippen LogP contribution in [0.3, 0.4) is 0 Å². The highest BCUT2D eigenvalue weighted by Crippen LogP contribution is 2.40. The van der Waals surface area contributed by atoms with Gasteiger partial charge in [-0.2, -0.15) is 0 Å². The smallest absolute Gasteiger partial charge is 0.160 e. The van der Waals surface area contributed by atoms with Crippen LogP contribution >= 0.6 is 0 Å². The molecule has 20 heavy (non-hydrogen) atoms. The van der Waals surface area contributed by atoms with Crippen molar-refractivity contribution in [1.82, 2.24) is 10.3 Å². The van der Waals surface area contributed by atoms with Crippen molar-refractivity contribution in [3.8, 4) is 0 Å². The summed E-state index contributed by atoms with van der Waals surface area (Å²) < 4.78 is 4.91. The van der Waals surface area contributed by atoms with Crippen LogP contribution in [0, 0.1) is 5.92 Å². The van der Waals surface area contributed by atoms with E-state index in [4.69, 9.17) is 10.4 Å². The second-order valence-electron chi connectivity index (χ2n) is 6.08. The Bertz CT molecular complexity index is 621. The van der Waals surface area contributed by atoms with Crippen molar-refractivity contribution < 1.29 is 4.63 Å². The molecule has 0 bridgehead atoms. The number of benzene rings is 1. The fourth-order valence-corrected chi connectivity index (χ4v) is 4.03. The fourth-order valence-electron chi connectivity index (χ4n) is 4.03. The van der Waals surface area contributed by atoms with E-state index < -0.39 is 0 Å². The molecule has 0 radical (unpaired) electrons. The predicted molar refractivity (Wildman–Crippen MR) is 78.5 cm³/mol. The molecule has 2 heterocycles. The second kappa shape index (κ2) is 4.65. The number of fused-ring (bicyclic) bond motifs is 2. The number of hydrogen-bond acceptors (Lipinski definition) is 5. The number of aromatic nitrogens is 2. The molecular weight excluding hydrogens is 252 g/mol. The molecule has 0 spiro atoms. The minimum Gasteiger partial charge on any atom is -0.397 e. The van der Waals surface area contributed by atoms with Crippen molar-refractivity contribution in [3.05, 3.63) is 12.1 Å². The summed E-state index contributed by atoms with van der Waals surface area (Å²) in [6.07, 6.45) is 8.03. The first-order valence-electron chi connectivity index (χ1n) is 7.62. The van der Waals surface area contributed by atoms with E-state index >= 15 is 0 Å². The standard InChI is InChI=1S/C15H20N4O/c16-11-7-8-13(15-14(11)17-20-18-15)19-9-3-5-10-4-1-2-6-12(10)19/h7-8,10,12H,1-6,9,16H2. The summed E-state index contributed by atoms with van der Waals surface area (Å²) in [6.45, 7) is 1.10. The van der Waals surface area contributed by atoms with Gasteiger partial charge in [0.05, 0.1) is 11.4 Å². The van der Waals surface area contributed by atoms with Gasteiger partial charge in [-0.25, -0.2) is 4.63 Å². The molecule has 1 aromatic carbocycles. The van der Waals surface area contributed by atoms with E-state index in [0.717, 1.165) is 23.7 Å². The Labute approximate surface area is 118 Å². The quantitative estimate of drug-likeness (QED) is 0.808. The van der Waals surface area contributed by atoms with Crippen LogP contribution in [0.15, 0.2) is 16.8 Å². The van der Waals surface area contributed by atoms with Crippen LogP contribution < -0.4 is 10.6 Å². The molecule has 2 atom stereocenters. The predicted octanol–water partition coefficient (Wildman–Crippen LogP) is 2.96. The van der Waals surface area contributed by atoms with Gasteiger partial charge in [-0.3, -0.25) is 0 Å². The van der Waals surface area contributed by atoms with E-state index in [2.05, 4.69) is 21.3 Å². The minimum absolute atomic E-state index is 0.641. The SMILES string of the molecule is Nc1ccc(N2CCCC3CCCCC32)c2nonc12. The summed E-state index contributed by atoms with van der Waals surface area (Å²) in [5.41, 5.74) is 9.25. The lowest BCUT2D eigenvalue weighted by molar-refractivity contribution is 0.244. The third-order valence-electron chi connectivity index (χ3n) is 4.98. The first-order chi connectivity index (χ1) is 9.84. The maximum atomic E-state index is 5.95. The highest BCUT2D eigenvalue weighted by atomic mass is 16.6. The molecule has 1 saturated heterocycles. The molecule has 4 rings (SSSR count). The van der Waals surface area contributed by atoms with Crippen molar-refractivity contribution in [3.63, 3.8) is 0 Å². The summed E-state index contributed by atoms with van der Waals surface area (Å²) in [5.74, 6) is 0.838. The lowest BCUT2D eigenvalue weighted by Crippen LogP contribution is -2.47. The monoisotopic (exact) mass is 272 g/mol. The molecule has 1 aliphatic heterocycles. The second-order valence-corrected chi connectivity index (χ2v) is 6.08. The molecule has 1 aliphatic carbocycles. The maximum Gasteiger partial charge on any atom is 0.160 e. The summed E-state index contributed by atoms with van der Waals surface area (Å²) in [7, 11) is 0. The largest absolute Gasteiger partial charge is 0.397 e. The Morgan fingerprint density at radius 3 is 2.80 bits per heavy atom. The van der Waals surface area contributed by atoms with E-state index in [0.29, 0.717) is 17.2 Å². The van der Waals surface area contributed by atoms with Gasteiger partial charge < -0.3 is 10.6 Å². The molecule has 2 N–H and O–H groups in total. The van der Waals surface area contributed by atoms with Crippen LogP contribution in [0.5, 0.6) is 0 Å². The number of nitrogen functional groups attached to an aromatic ring is 1. The number of nitrogens with two attached hydrogens (primary N) is 1. The molecule has 2 unspecified atom stereocenters. The molecule has 0 amide bonds. The average molecular weight is 272 g/mol. The normalized spacial score (nSPS) is 26.7. The van der Waals surface area contributed by atoms with Crippen molar-refractivity contribution in [2.24, 2.45) is 5.92 Å². The molecule has 1 aromatic heterocycles.